The van der Waals surface area contributed by atoms with Gasteiger partial charge in [0.1, 0.15) is 23.5 Å². The molecular weight excluding hydrogens is 452 g/mol. The van der Waals surface area contributed by atoms with Gasteiger partial charge in [-0.1, -0.05) is 23.7 Å². The van der Waals surface area contributed by atoms with Crippen LogP contribution in [0.5, 0.6) is 5.75 Å². The summed E-state index contributed by atoms with van der Waals surface area (Å²) in [6, 6.07) is 12.0. The van der Waals surface area contributed by atoms with Crippen molar-refractivity contribution in [3.8, 4) is 5.75 Å². The molecule has 0 saturated heterocycles. The lowest BCUT2D eigenvalue weighted by molar-refractivity contribution is -0.121. The Hall–Kier alpha value is -3.23. The molecule has 180 valence electrons. The molecule has 2 aromatic rings. The second kappa shape index (κ2) is 11.3. The van der Waals surface area contributed by atoms with Crippen molar-refractivity contribution in [3.05, 3.63) is 58.6 Å². The van der Waals surface area contributed by atoms with Gasteiger partial charge in [-0.05, 0) is 64.3 Å². The van der Waals surface area contributed by atoms with Crippen LogP contribution in [0.4, 0.5) is 5.69 Å². The fourth-order valence-electron chi connectivity index (χ4n) is 3.80. The fourth-order valence-corrected chi connectivity index (χ4v) is 3.93. The average Bonchev–Trinajstić information content (AvgIpc) is 2.91. The molecular formula is C25H31ClN6O2. The number of amides is 1. The fraction of sp³-hybridized carbons (Fsp3) is 0.360. The number of nitrogens with one attached hydrogen (secondary N) is 3. The van der Waals surface area contributed by atoms with Crippen LogP contribution >= 0.6 is 11.6 Å². The Labute approximate surface area is 205 Å². The van der Waals surface area contributed by atoms with Crippen LogP contribution in [0.1, 0.15) is 30.9 Å². The van der Waals surface area contributed by atoms with Crippen LogP contribution in [0.2, 0.25) is 5.02 Å². The Balaban J connectivity index is 2.03. The van der Waals surface area contributed by atoms with Gasteiger partial charge in [-0.25, -0.2) is 0 Å². The molecule has 2 aromatic carbocycles. The number of anilines is 1. The number of hydrogen-bond donors (Lipinski definition) is 3. The highest BCUT2D eigenvalue weighted by Gasteiger charge is 2.32. The lowest BCUT2D eigenvalue weighted by atomic mass is 9.99. The summed E-state index contributed by atoms with van der Waals surface area (Å²) in [5.74, 6) is 0.692. The van der Waals surface area contributed by atoms with E-state index in [2.05, 4.69) is 10.2 Å². The zero-order valence-electron chi connectivity index (χ0n) is 20.0. The van der Waals surface area contributed by atoms with Crippen molar-refractivity contribution in [2.45, 2.75) is 25.8 Å². The van der Waals surface area contributed by atoms with E-state index >= 15 is 0 Å². The van der Waals surface area contributed by atoms with Crippen LogP contribution in [0.25, 0.3) is 0 Å². The number of rotatable bonds is 8. The van der Waals surface area contributed by atoms with Gasteiger partial charge in [0.05, 0.1) is 24.9 Å². The van der Waals surface area contributed by atoms with Crippen molar-refractivity contribution >= 4 is 40.6 Å². The maximum absolute atomic E-state index is 12.8. The normalized spacial score (nSPS) is 15.5. The van der Waals surface area contributed by atoms with Gasteiger partial charge in [-0.3, -0.25) is 25.5 Å². The maximum atomic E-state index is 12.8. The van der Waals surface area contributed by atoms with E-state index in [1.54, 1.807) is 32.2 Å². The maximum Gasteiger partial charge on any atom is 0.222 e. The summed E-state index contributed by atoms with van der Waals surface area (Å²) in [5, 5.41) is 20.8. The number of benzodiazepines with no additional fused rings is 1. The molecule has 3 rings (SSSR count). The molecule has 0 spiro atoms. The minimum absolute atomic E-state index is 0.00674. The predicted molar refractivity (Wildman–Crippen MR) is 138 cm³/mol. The number of fused-ring (bicyclic) bond motifs is 1. The molecule has 1 aliphatic heterocycles. The second-order valence-corrected chi connectivity index (χ2v) is 8.84. The zero-order chi connectivity index (χ0) is 24.8. The molecule has 1 unspecified atom stereocenters. The minimum Gasteiger partial charge on any atom is -0.497 e. The number of amidine groups is 2. The summed E-state index contributed by atoms with van der Waals surface area (Å²) in [5.41, 5.74) is 2.77. The van der Waals surface area contributed by atoms with Crippen LogP contribution in [-0.4, -0.2) is 68.5 Å². The highest BCUT2D eigenvalue weighted by molar-refractivity contribution is 6.31. The number of aliphatic imine (C=N–C) groups is 1. The molecule has 1 heterocycles. The number of nitrogens with zero attached hydrogens (tertiary/aromatic N) is 3. The van der Waals surface area contributed by atoms with E-state index < -0.39 is 6.04 Å². The van der Waals surface area contributed by atoms with Crippen LogP contribution in [0.15, 0.2) is 47.5 Å². The highest BCUT2D eigenvalue weighted by Crippen LogP contribution is 2.33. The summed E-state index contributed by atoms with van der Waals surface area (Å²) in [7, 11) is 5.56. The SMILES string of the molecule is COc1ccc2c(c1)C(c1ccc(Cl)cc1)=NC(CC(=O)NCCCN(C)C)C(=N)N2C(C)=N. The monoisotopic (exact) mass is 482 g/mol. The van der Waals surface area contributed by atoms with Crippen molar-refractivity contribution < 1.29 is 9.53 Å². The highest BCUT2D eigenvalue weighted by atomic mass is 35.5. The first-order chi connectivity index (χ1) is 16.2. The third kappa shape index (κ3) is 6.01. The third-order valence-corrected chi connectivity index (χ3v) is 5.73. The molecule has 34 heavy (non-hydrogen) atoms. The van der Waals surface area contributed by atoms with E-state index in [1.807, 2.05) is 38.4 Å². The molecule has 0 saturated carbocycles. The molecule has 0 fully saturated rings. The largest absolute Gasteiger partial charge is 0.497 e. The predicted octanol–water partition coefficient (Wildman–Crippen LogP) is 3.81. The Morgan fingerprint density at radius 2 is 1.94 bits per heavy atom. The van der Waals surface area contributed by atoms with Gasteiger partial charge in [-0.2, -0.15) is 0 Å². The number of methoxy groups -OCH3 is 1. The number of carbonyl (C=O) groups is 1. The van der Waals surface area contributed by atoms with Gasteiger partial charge in [0, 0.05) is 22.7 Å². The number of carbonyl (C=O) groups excluding carboxylic acids is 1. The van der Waals surface area contributed by atoms with Crippen LogP contribution in [0.3, 0.4) is 0 Å². The van der Waals surface area contributed by atoms with Crippen molar-refractivity contribution in [1.82, 2.24) is 10.2 Å². The first kappa shape index (κ1) is 25.4. The van der Waals surface area contributed by atoms with E-state index in [0.717, 1.165) is 18.5 Å². The molecule has 9 heteroatoms. The number of hydrogen-bond acceptors (Lipinski definition) is 6. The molecule has 1 amide bonds. The van der Waals surface area contributed by atoms with Crippen LogP contribution < -0.4 is 15.0 Å². The lowest BCUT2D eigenvalue weighted by Crippen LogP contribution is -2.42. The summed E-state index contributed by atoms with van der Waals surface area (Å²) in [6.07, 6.45) is 0.837. The Morgan fingerprint density at radius 1 is 1.24 bits per heavy atom. The summed E-state index contributed by atoms with van der Waals surface area (Å²) < 4.78 is 5.44. The quantitative estimate of drug-likeness (QED) is 0.302. The first-order valence-corrected chi connectivity index (χ1v) is 11.5. The number of benzene rings is 2. The topological polar surface area (TPSA) is 105 Å². The summed E-state index contributed by atoms with van der Waals surface area (Å²) in [4.78, 5) is 21.2. The standard InChI is InChI=1S/C25H31ClN6O2/c1-16(27)32-22-11-10-19(34-4)14-20(22)24(17-6-8-18(26)9-7-17)30-21(25(32)28)15-23(33)29-12-5-13-31(2)3/h6-11,14,21,27-28H,5,12-13,15H2,1-4H3,(H,29,33). The van der Waals surface area contributed by atoms with Gasteiger partial charge in [-0.15, -0.1) is 0 Å². The molecule has 3 N–H and O–H groups in total. The zero-order valence-corrected chi connectivity index (χ0v) is 20.7. The molecule has 0 radical (unpaired) electrons. The van der Waals surface area contributed by atoms with Crippen molar-refractivity contribution in [2.24, 2.45) is 4.99 Å². The summed E-state index contributed by atoms with van der Waals surface area (Å²) in [6.45, 7) is 3.04. The van der Waals surface area contributed by atoms with Gasteiger partial charge in [0.15, 0.2) is 0 Å². The van der Waals surface area contributed by atoms with Gasteiger partial charge in [0.2, 0.25) is 5.91 Å². The van der Waals surface area contributed by atoms with Crippen molar-refractivity contribution in [2.75, 3.05) is 39.2 Å². The van der Waals surface area contributed by atoms with Crippen molar-refractivity contribution in [3.63, 3.8) is 0 Å². The minimum atomic E-state index is -0.766. The van der Waals surface area contributed by atoms with Crippen molar-refractivity contribution in [1.29, 1.82) is 10.8 Å². The van der Waals surface area contributed by atoms with E-state index in [9.17, 15) is 4.79 Å². The molecule has 0 aliphatic carbocycles. The third-order valence-electron chi connectivity index (χ3n) is 5.48. The lowest BCUT2D eigenvalue weighted by Gasteiger charge is -2.26. The van der Waals surface area contributed by atoms with Crippen LogP contribution in [-0.2, 0) is 4.79 Å². The van der Waals surface area contributed by atoms with Gasteiger partial charge < -0.3 is 15.0 Å². The molecule has 0 bridgehead atoms. The van der Waals surface area contributed by atoms with Crippen LogP contribution in [0, 0.1) is 10.8 Å². The van der Waals surface area contributed by atoms with Gasteiger partial charge >= 0.3 is 0 Å². The smallest absolute Gasteiger partial charge is 0.222 e. The van der Waals surface area contributed by atoms with E-state index in [0.29, 0.717) is 34.3 Å². The Bertz CT molecular complexity index is 1100. The van der Waals surface area contributed by atoms with E-state index in [4.69, 9.17) is 32.1 Å². The second-order valence-electron chi connectivity index (χ2n) is 8.40. The molecule has 1 atom stereocenters. The molecule has 1 aliphatic rings. The average molecular weight is 483 g/mol. The number of halogens is 1. The molecule has 8 nitrogen and oxygen atoms in total. The Morgan fingerprint density at radius 3 is 2.56 bits per heavy atom. The Kier molecular flexibility index (Phi) is 8.41. The first-order valence-electron chi connectivity index (χ1n) is 11.1. The van der Waals surface area contributed by atoms with E-state index in [-0.39, 0.29) is 24.0 Å². The van der Waals surface area contributed by atoms with Gasteiger partial charge in [0.25, 0.3) is 0 Å². The molecule has 0 aromatic heterocycles. The number of ether oxygens (including phenoxy) is 1. The van der Waals surface area contributed by atoms with E-state index in [1.165, 1.54) is 4.90 Å². The summed E-state index contributed by atoms with van der Waals surface area (Å²) >= 11 is 6.11.